The number of ether oxygens (including phenoxy) is 1. The van der Waals surface area contributed by atoms with Crippen LogP contribution in [0.2, 0.25) is 0 Å². The summed E-state index contributed by atoms with van der Waals surface area (Å²) in [5.74, 6) is -0.176. The average molecular weight is 446 g/mol. The Bertz CT molecular complexity index is 796. The number of rotatable bonds is 7. The van der Waals surface area contributed by atoms with Crippen LogP contribution < -0.4 is 5.32 Å². The van der Waals surface area contributed by atoms with E-state index in [4.69, 9.17) is 4.74 Å². The van der Waals surface area contributed by atoms with Crippen molar-refractivity contribution in [3.05, 3.63) is 29.3 Å². The summed E-state index contributed by atoms with van der Waals surface area (Å²) in [5, 5.41) is 2.92. The van der Waals surface area contributed by atoms with Crippen molar-refractivity contribution in [3.63, 3.8) is 0 Å². The van der Waals surface area contributed by atoms with Crippen LogP contribution in [0.3, 0.4) is 0 Å². The first-order chi connectivity index (χ1) is 15.3. The zero-order chi connectivity index (χ0) is 23.1. The minimum absolute atomic E-state index is 0.00457. The van der Waals surface area contributed by atoms with Gasteiger partial charge < -0.3 is 19.9 Å². The molecule has 0 aliphatic carbocycles. The number of para-hydroxylation sites is 1. The fraction of sp³-hybridized carbons (Fsp3) is 0.609. The standard InChI is InChI=1S/C23H35N5O4/c1-18-5-4-6-19(2)23(18)24-20(29)15-25(3)21(30)16-26-7-9-28(10-8-26)22(31)17-27-11-13-32-14-12-27/h4-6H,7-17H2,1-3H3,(H,24,29). The monoisotopic (exact) mass is 445 g/mol. The lowest BCUT2D eigenvalue weighted by atomic mass is 10.1. The normalized spacial score (nSPS) is 17.8. The fourth-order valence-corrected chi connectivity index (χ4v) is 4.01. The first kappa shape index (κ1) is 24.2. The Morgan fingerprint density at radius 2 is 1.53 bits per heavy atom. The molecule has 1 N–H and O–H groups in total. The molecule has 0 spiro atoms. The van der Waals surface area contributed by atoms with Crippen molar-refractivity contribution in [2.45, 2.75) is 13.8 Å². The molecule has 0 bridgehead atoms. The van der Waals surface area contributed by atoms with E-state index in [0.29, 0.717) is 45.9 Å². The smallest absolute Gasteiger partial charge is 0.243 e. The third-order valence-corrected chi connectivity index (χ3v) is 6.10. The molecule has 0 aromatic heterocycles. The lowest BCUT2D eigenvalue weighted by Gasteiger charge is -2.36. The lowest BCUT2D eigenvalue weighted by Crippen LogP contribution is -2.54. The zero-order valence-electron chi connectivity index (χ0n) is 19.4. The van der Waals surface area contributed by atoms with Gasteiger partial charge in [-0.2, -0.15) is 0 Å². The summed E-state index contributed by atoms with van der Waals surface area (Å²) in [6.07, 6.45) is 0. The van der Waals surface area contributed by atoms with E-state index >= 15 is 0 Å². The molecule has 1 aromatic carbocycles. The van der Waals surface area contributed by atoms with Crippen LogP contribution in [0.5, 0.6) is 0 Å². The van der Waals surface area contributed by atoms with Crippen molar-refractivity contribution in [2.24, 2.45) is 0 Å². The molecule has 0 saturated carbocycles. The molecule has 2 heterocycles. The number of hydrogen-bond acceptors (Lipinski definition) is 6. The van der Waals surface area contributed by atoms with E-state index in [-0.39, 0.29) is 30.8 Å². The van der Waals surface area contributed by atoms with Gasteiger partial charge in [0.25, 0.3) is 0 Å². The highest BCUT2D eigenvalue weighted by atomic mass is 16.5. The number of aryl methyl sites for hydroxylation is 2. The molecular formula is C23H35N5O4. The van der Waals surface area contributed by atoms with Gasteiger partial charge in [0.15, 0.2) is 0 Å². The van der Waals surface area contributed by atoms with Gasteiger partial charge in [0, 0.05) is 52.0 Å². The first-order valence-electron chi connectivity index (χ1n) is 11.2. The summed E-state index contributed by atoms with van der Waals surface area (Å²) in [6, 6.07) is 5.84. The van der Waals surface area contributed by atoms with E-state index in [1.165, 1.54) is 4.90 Å². The summed E-state index contributed by atoms with van der Waals surface area (Å²) < 4.78 is 5.33. The van der Waals surface area contributed by atoms with Crippen LogP contribution in [0.4, 0.5) is 5.69 Å². The zero-order valence-corrected chi connectivity index (χ0v) is 19.4. The van der Waals surface area contributed by atoms with E-state index in [1.807, 2.05) is 41.8 Å². The number of morpholine rings is 1. The van der Waals surface area contributed by atoms with Crippen LogP contribution in [0.1, 0.15) is 11.1 Å². The predicted octanol–water partition coefficient (Wildman–Crippen LogP) is 0.177. The van der Waals surface area contributed by atoms with E-state index < -0.39 is 0 Å². The molecule has 2 saturated heterocycles. The third kappa shape index (κ3) is 6.75. The maximum atomic E-state index is 12.6. The van der Waals surface area contributed by atoms with Crippen LogP contribution >= 0.6 is 0 Å². The fourth-order valence-electron chi connectivity index (χ4n) is 4.01. The number of carbonyl (C=O) groups excluding carboxylic acids is 3. The van der Waals surface area contributed by atoms with Gasteiger partial charge in [-0.1, -0.05) is 18.2 Å². The van der Waals surface area contributed by atoms with E-state index in [1.54, 1.807) is 7.05 Å². The van der Waals surface area contributed by atoms with Gasteiger partial charge in [0.2, 0.25) is 17.7 Å². The van der Waals surface area contributed by atoms with Gasteiger partial charge in [-0.15, -0.1) is 0 Å². The number of benzene rings is 1. The van der Waals surface area contributed by atoms with E-state index in [2.05, 4.69) is 10.2 Å². The molecule has 2 aliphatic heterocycles. The molecular weight excluding hydrogens is 410 g/mol. The number of likely N-dealkylation sites (N-methyl/N-ethyl adjacent to an activating group) is 1. The third-order valence-electron chi connectivity index (χ3n) is 6.10. The Morgan fingerprint density at radius 3 is 2.16 bits per heavy atom. The van der Waals surface area contributed by atoms with Crippen molar-refractivity contribution in [1.29, 1.82) is 0 Å². The van der Waals surface area contributed by atoms with Gasteiger partial charge >= 0.3 is 0 Å². The molecule has 9 heteroatoms. The van der Waals surface area contributed by atoms with Crippen LogP contribution in [-0.4, -0.2) is 116 Å². The molecule has 3 rings (SSSR count). The molecule has 0 unspecified atom stereocenters. The van der Waals surface area contributed by atoms with Gasteiger partial charge in [-0.3, -0.25) is 24.2 Å². The van der Waals surface area contributed by atoms with Crippen molar-refractivity contribution in [2.75, 3.05) is 84.5 Å². The Morgan fingerprint density at radius 1 is 0.938 bits per heavy atom. The van der Waals surface area contributed by atoms with Crippen molar-refractivity contribution in [3.8, 4) is 0 Å². The SMILES string of the molecule is Cc1cccc(C)c1NC(=O)CN(C)C(=O)CN1CCN(C(=O)CN2CCOCC2)CC1. The molecule has 32 heavy (non-hydrogen) atoms. The molecule has 0 atom stereocenters. The van der Waals surface area contributed by atoms with Crippen LogP contribution in [0.15, 0.2) is 18.2 Å². The predicted molar refractivity (Wildman–Crippen MR) is 122 cm³/mol. The van der Waals surface area contributed by atoms with Crippen LogP contribution in [-0.2, 0) is 19.1 Å². The number of nitrogens with one attached hydrogen (secondary N) is 1. The molecule has 2 fully saturated rings. The second kappa shape index (κ2) is 11.4. The maximum absolute atomic E-state index is 12.6. The molecule has 176 valence electrons. The number of amides is 3. The van der Waals surface area contributed by atoms with Crippen molar-refractivity contribution >= 4 is 23.4 Å². The molecule has 2 aliphatic rings. The molecule has 0 radical (unpaired) electrons. The minimum Gasteiger partial charge on any atom is -0.379 e. The summed E-state index contributed by atoms with van der Waals surface area (Å²) in [4.78, 5) is 45.1. The van der Waals surface area contributed by atoms with E-state index in [9.17, 15) is 14.4 Å². The van der Waals surface area contributed by atoms with Gasteiger partial charge in [0.1, 0.15) is 0 Å². The highest BCUT2D eigenvalue weighted by Crippen LogP contribution is 2.19. The van der Waals surface area contributed by atoms with Crippen LogP contribution in [0, 0.1) is 13.8 Å². The topological polar surface area (TPSA) is 85.4 Å². The molecule has 9 nitrogen and oxygen atoms in total. The Balaban J connectivity index is 1.39. The van der Waals surface area contributed by atoms with E-state index in [0.717, 1.165) is 29.9 Å². The lowest BCUT2D eigenvalue weighted by molar-refractivity contribution is -0.137. The van der Waals surface area contributed by atoms with Gasteiger partial charge in [0.05, 0.1) is 32.8 Å². The number of hydrogen-bond donors (Lipinski definition) is 1. The average Bonchev–Trinajstić information content (AvgIpc) is 2.77. The Hall–Kier alpha value is -2.49. The summed E-state index contributed by atoms with van der Waals surface area (Å²) in [7, 11) is 1.65. The number of anilines is 1. The highest BCUT2D eigenvalue weighted by Gasteiger charge is 2.25. The number of nitrogens with zero attached hydrogens (tertiary/aromatic N) is 4. The molecule has 3 amide bonds. The van der Waals surface area contributed by atoms with Gasteiger partial charge in [-0.25, -0.2) is 0 Å². The summed E-state index contributed by atoms with van der Waals surface area (Å²) >= 11 is 0. The summed E-state index contributed by atoms with van der Waals surface area (Å²) in [5.41, 5.74) is 2.79. The maximum Gasteiger partial charge on any atom is 0.243 e. The summed E-state index contributed by atoms with van der Waals surface area (Å²) in [6.45, 7) is 10.1. The van der Waals surface area contributed by atoms with Crippen LogP contribution in [0.25, 0.3) is 0 Å². The molecule has 1 aromatic rings. The largest absolute Gasteiger partial charge is 0.379 e. The van der Waals surface area contributed by atoms with Gasteiger partial charge in [-0.05, 0) is 25.0 Å². The highest BCUT2D eigenvalue weighted by molar-refractivity contribution is 5.95. The second-order valence-corrected chi connectivity index (χ2v) is 8.61. The Kier molecular flexibility index (Phi) is 8.60. The first-order valence-corrected chi connectivity index (χ1v) is 11.2. The second-order valence-electron chi connectivity index (χ2n) is 8.61. The number of piperazine rings is 1. The Labute approximate surface area is 190 Å². The van der Waals surface area contributed by atoms with Crippen molar-refractivity contribution < 1.29 is 19.1 Å². The van der Waals surface area contributed by atoms with Crippen molar-refractivity contribution in [1.82, 2.24) is 19.6 Å². The minimum atomic E-state index is -0.211. The quantitative estimate of drug-likeness (QED) is 0.644. The number of carbonyl (C=O) groups is 3.